The highest BCUT2D eigenvalue weighted by Gasteiger charge is 2.05. The van der Waals surface area contributed by atoms with Gasteiger partial charge in [-0.1, -0.05) is 35.3 Å². The first-order valence-electron chi connectivity index (χ1n) is 4.75. The molecule has 2 rings (SSSR count). The SMILES string of the molecule is OCc1cn(Cc2cccc(Cl)c2Cl)cn1. The molecule has 0 aliphatic carbocycles. The fourth-order valence-electron chi connectivity index (χ4n) is 1.44. The van der Waals surface area contributed by atoms with Gasteiger partial charge in [0.05, 0.1) is 35.2 Å². The summed E-state index contributed by atoms with van der Waals surface area (Å²) >= 11 is 12.0. The van der Waals surface area contributed by atoms with Crippen molar-refractivity contribution in [3.05, 3.63) is 52.0 Å². The predicted molar refractivity (Wildman–Crippen MR) is 63.7 cm³/mol. The van der Waals surface area contributed by atoms with Gasteiger partial charge in [0, 0.05) is 6.20 Å². The number of aliphatic hydroxyl groups is 1. The molecule has 84 valence electrons. The lowest BCUT2D eigenvalue weighted by Gasteiger charge is -2.06. The maximum Gasteiger partial charge on any atom is 0.0953 e. The van der Waals surface area contributed by atoms with Gasteiger partial charge in [-0.15, -0.1) is 0 Å². The Morgan fingerprint density at radius 2 is 2.12 bits per heavy atom. The standard InChI is InChI=1S/C11H10Cl2N2O/c12-10-3-1-2-8(11(10)13)4-15-5-9(6-16)14-7-15/h1-3,5,7,16H,4,6H2. The van der Waals surface area contributed by atoms with Crippen LogP contribution in [-0.4, -0.2) is 14.7 Å². The average Bonchev–Trinajstić information content (AvgIpc) is 2.73. The molecule has 16 heavy (non-hydrogen) atoms. The van der Waals surface area contributed by atoms with E-state index < -0.39 is 0 Å². The minimum Gasteiger partial charge on any atom is -0.390 e. The van der Waals surface area contributed by atoms with E-state index >= 15 is 0 Å². The Hall–Kier alpha value is -1.03. The lowest BCUT2D eigenvalue weighted by atomic mass is 10.2. The number of nitrogens with zero attached hydrogens (tertiary/aromatic N) is 2. The molecule has 0 saturated heterocycles. The van der Waals surface area contributed by atoms with E-state index in [4.69, 9.17) is 28.3 Å². The molecule has 0 saturated carbocycles. The van der Waals surface area contributed by atoms with Gasteiger partial charge in [0.25, 0.3) is 0 Å². The van der Waals surface area contributed by atoms with Crippen molar-refractivity contribution in [2.24, 2.45) is 0 Å². The molecule has 1 N–H and O–H groups in total. The van der Waals surface area contributed by atoms with E-state index in [9.17, 15) is 0 Å². The van der Waals surface area contributed by atoms with Crippen molar-refractivity contribution in [2.75, 3.05) is 0 Å². The van der Waals surface area contributed by atoms with Gasteiger partial charge in [0.15, 0.2) is 0 Å². The summed E-state index contributed by atoms with van der Waals surface area (Å²) in [5.74, 6) is 0. The molecule has 0 fully saturated rings. The first kappa shape index (κ1) is 11.5. The highest BCUT2D eigenvalue weighted by Crippen LogP contribution is 2.26. The van der Waals surface area contributed by atoms with Crippen molar-refractivity contribution in [1.82, 2.24) is 9.55 Å². The van der Waals surface area contributed by atoms with Crippen LogP contribution in [0.3, 0.4) is 0 Å². The Morgan fingerprint density at radius 3 is 2.81 bits per heavy atom. The second kappa shape index (κ2) is 4.87. The van der Waals surface area contributed by atoms with Gasteiger partial charge < -0.3 is 9.67 Å². The zero-order valence-corrected chi connectivity index (χ0v) is 9.91. The number of benzene rings is 1. The van der Waals surface area contributed by atoms with E-state index in [0.717, 1.165) is 5.56 Å². The van der Waals surface area contributed by atoms with Crippen molar-refractivity contribution in [1.29, 1.82) is 0 Å². The summed E-state index contributed by atoms with van der Waals surface area (Å²) in [5, 5.41) is 9.99. The molecule has 1 heterocycles. The number of hydrogen-bond acceptors (Lipinski definition) is 2. The average molecular weight is 257 g/mol. The van der Waals surface area contributed by atoms with E-state index in [1.165, 1.54) is 0 Å². The molecule has 3 nitrogen and oxygen atoms in total. The van der Waals surface area contributed by atoms with Crippen LogP contribution in [-0.2, 0) is 13.2 Å². The second-order valence-corrected chi connectivity index (χ2v) is 4.19. The highest BCUT2D eigenvalue weighted by molar-refractivity contribution is 6.42. The number of hydrogen-bond donors (Lipinski definition) is 1. The van der Waals surface area contributed by atoms with Gasteiger partial charge in [-0.3, -0.25) is 0 Å². The molecule has 2 aromatic rings. The lowest BCUT2D eigenvalue weighted by molar-refractivity contribution is 0.277. The van der Waals surface area contributed by atoms with E-state index in [0.29, 0.717) is 22.3 Å². The second-order valence-electron chi connectivity index (χ2n) is 3.41. The van der Waals surface area contributed by atoms with Crippen LogP contribution in [0.4, 0.5) is 0 Å². The van der Waals surface area contributed by atoms with Crippen molar-refractivity contribution >= 4 is 23.2 Å². The van der Waals surface area contributed by atoms with E-state index in [-0.39, 0.29) is 6.61 Å². The zero-order chi connectivity index (χ0) is 11.5. The van der Waals surface area contributed by atoms with Crippen molar-refractivity contribution in [3.8, 4) is 0 Å². The number of imidazole rings is 1. The molecule has 0 aliphatic rings. The Balaban J connectivity index is 2.23. The Labute approximate surface area is 103 Å². The summed E-state index contributed by atoms with van der Waals surface area (Å²) in [7, 11) is 0. The Kier molecular flexibility index (Phi) is 3.49. The molecule has 0 amide bonds. The largest absolute Gasteiger partial charge is 0.390 e. The number of halogens is 2. The molecule has 1 aromatic carbocycles. The van der Waals surface area contributed by atoms with Crippen molar-refractivity contribution in [2.45, 2.75) is 13.2 Å². The van der Waals surface area contributed by atoms with Gasteiger partial charge in [0.2, 0.25) is 0 Å². The number of aromatic nitrogens is 2. The van der Waals surface area contributed by atoms with Crippen LogP contribution in [0.25, 0.3) is 0 Å². The van der Waals surface area contributed by atoms with Crippen LogP contribution in [0.2, 0.25) is 10.0 Å². The molecule has 0 bridgehead atoms. The van der Waals surface area contributed by atoms with Gasteiger partial charge in [-0.25, -0.2) is 4.98 Å². The van der Waals surface area contributed by atoms with E-state index in [1.54, 1.807) is 18.6 Å². The highest BCUT2D eigenvalue weighted by atomic mass is 35.5. The maximum atomic E-state index is 8.89. The normalized spacial score (nSPS) is 10.7. The van der Waals surface area contributed by atoms with Crippen LogP contribution in [0.5, 0.6) is 0 Å². The zero-order valence-electron chi connectivity index (χ0n) is 8.40. The Bertz CT molecular complexity index is 496. The summed E-state index contributed by atoms with van der Waals surface area (Å²) in [5.41, 5.74) is 1.56. The Morgan fingerprint density at radius 1 is 1.31 bits per heavy atom. The summed E-state index contributed by atoms with van der Waals surface area (Å²) < 4.78 is 1.85. The van der Waals surface area contributed by atoms with E-state index in [2.05, 4.69) is 4.98 Å². The predicted octanol–water partition coefficient (Wildman–Crippen LogP) is 2.73. The summed E-state index contributed by atoms with van der Waals surface area (Å²) in [6, 6.07) is 5.51. The summed E-state index contributed by atoms with van der Waals surface area (Å²) in [6.07, 6.45) is 3.43. The first-order chi connectivity index (χ1) is 7.70. The van der Waals surface area contributed by atoms with Crippen LogP contribution in [0, 0.1) is 0 Å². The van der Waals surface area contributed by atoms with Gasteiger partial charge in [0.1, 0.15) is 0 Å². The molecule has 0 radical (unpaired) electrons. The maximum absolute atomic E-state index is 8.89. The summed E-state index contributed by atoms with van der Waals surface area (Å²) in [4.78, 5) is 4.02. The molecule has 5 heteroatoms. The summed E-state index contributed by atoms with van der Waals surface area (Å²) in [6.45, 7) is 0.530. The van der Waals surface area contributed by atoms with Crippen molar-refractivity contribution in [3.63, 3.8) is 0 Å². The molecule has 0 atom stereocenters. The molecule has 0 aliphatic heterocycles. The smallest absolute Gasteiger partial charge is 0.0953 e. The molecule has 1 aromatic heterocycles. The minimum absolute atomic E-state index is 0.0592. The van der Waals surface area contributed by atoms with Crippen LogP contribution >= 0.6 is 23.2 Å². The van der Waals surface area contributed by atoms with E-state index in [1.807, 2.05) is 16.7 Å². The number of rotatable bonds is 3. The van der Waals surface area contributed by atoms with Gasteiger partial charge in [-0.2, -0.15) is 0 Å². The molecular weight excluding hydrogens is 247 g/mol. The van der Waals surface area contributed by atoms with Gasteiger partial charge >= 0.3 is 0 Å². The fourth-order valence-corrected chi connectivity index (χ4v) is 1.82. The lowest BCUT2D eigenvalue weighted by Crippen LogP contribution is -1.97. The van der Waals surface area contributed by atoms with Crippen LogP contribution in [0.15, 0.2) is 30.7 Å². The quantitative estimate of drug-likeness (QED) is 0.918. The first-order valence-corrected chi connectivity index (χ1v) is 5.50. The third-order valence-corrected chi connectivity index (χ3v) is 3.09. The third-order valence-electron chi connectivity index (χ3n) is 2.23. The number of aliphatic hydroxyl groups excluding tert-OH is 1. The topological polar surface area (TPSA) is 38.0 Å². The molecule has 0 unspecified atom stereocenters. The monoisotopic (exact) mass is 256 g/mol. The minimum atomic E-state index is -0.0592. The van der Waals surface area contributed by atoms with Crippen LogP contribution in [0.1, 0.15) is 11.3 Å². The van der Waals surface area contributed by atoms with Gasteiger partial charge in [-0.05, 0) is 11.6 Å². The van der Waals surface area contributed by atoms with Crippen LogP contribution < -0.4 is 0 Å². The van der Waals surface area contributed by atoms with Crippen molar-refractivity contribution < 1.29 is 5.11 Å². The third kappa shape index (κ3) is 2.38. The molecule has 0 spiro atoms. The fraction of sp³-hybridized carbons (Fsp3) is 0.182. The molecular formula is C11H10Cl2N2O.